The molecule has 0 saturated carbocycles. The normalized spacial score (nSPS) is 14.6. The maximum Gasteiger partial charge on any atom is 0.410 e. The highest BCUT2D eigenvalue weighted by molar-refractivity contribution is 14.0. The summed E-state index contributed by atoms with van der Waals surface area (Å²) in [7, 11) is 1.71. The van der Waals surface area contributed by atoms with Crippen molar-refractivity contribution in [3.63, 3.8) is 0 Å². The van der Waals surface area contributed by atoms with Crippen molar-refractivity contribution in [1.82, 2.24) is 15.5 Å². The number of nitriles is 1. The fraction of sp³-hybridized carbons (Fsp3) is 0.500. The Morgan fingerprint density at radius 3 is 2.46 bits per heavy atom. The molecule has 7 nitrogen and oxygen atoms in total. The third kappa shape index (κ3) is 6.71. The molecule has 0 bridgehead atoms. The van der Waals surface area contributed by atoms with Crippen LogP contribution in [0.3, 0.4) is 0 Å². The largest absolute Gasteiger partial charge is 0.444 e. The first-order valence-electron chi connectivity index (χ1n) is 8.25. The van der Waals surface area contributed by atoms with Crippen LogP contribution in [-0.2, 0) is 11.3 Å². The smallest absolute Gasteiger partial charge is 0.410 e. The molecule has 1 aromatic rings. The molecule has 1 fully saturated rings. The van der Waals surface area contributed by atoms with Crippen LogP contribution in [0.5, 0.6) is 0 Å². The van der Waals surface area contributed by atoms with Gasteiger partial charge in [-0.1, -0.05) is 12.1 Å². The number of carbonyl (C=O) groups excluding carboxylic acids is 1. The van der Waals surface area contributed by atoms with E-state index >= 15 is 0 Å². The number of nitrogens with one attached hydrogen (secondary N) is 2. The lowest BCUT2D eigenvalue weighted by molar-refractivity contribution is 0.00701. The number of carbonyl (C=O) groups is 1. The van der Waals surface area contributed by atoms with E-state index in [2.05, 4.69) is 21.7 Å². The van der Waals surface area contributed by atoms with E-state index in [1.807, 2.05) is 32.9 Å². The second-order valence-electron chi connectivity index (χ2n) is 6.96. The summed E-state index contributed by atoms with van der Waals surface area (Å²) in [6.45, 7) is 7.35. The number of hydrogen-bond donors (Lipinski definition) is 2. The van der Waals surface area contributed by atoms with Gasteiger partial charge >= 0.3 is 6.09 Å². The summed E-state index contributed by atoms with van der Waals surface area (Å²) in [5.41, 5.74) is 1.22. The molecule has 0 radical (unpaired) electrons. The third-order valence-corrected chi connectivity index (χ3v) is 3.64. The predicted molar refractivity (Wildman–Crippen MR) is 112 cm³/mol. The minimum absolute atomic E-state index is 0. The summed E-state index contributed by atoms with van der Waals surface area (Å²) < 4.78 is 5.34. The summed E-state index contributed by atoms with van der Waals surface area (Å²) in [4.78, 5) is 17.8. The Morgan fingerprint density at radius 2 is 1.96 bits per heavy atom. The molecule has 0 atom stereocenters. The van der Waals surface area contributed by atoms with Crippen LogP contribution in [0.4, 0.5) is 4.79 Å². The summed E-state index contributed by atoms with van der Waals surface area (Å²) in [6.07, 6.45) is -0.286. The Hall–Kier alpha value is -2.02. The van der Waals surface area contributed by atoms with Crippen LogP contribution in [0.1, 0.15) is 31.9 Å². The Morgan fingerprint density at radius 1 is 1.35 bits per heavy atom. The van der Waals surface area contributed by atoms with Gasteiger partial charge in [0, 0.05) is 26.7 Å². The summed E-state index contributed by atoms with van der Waals surface area (Å²) in [5.74, 6) is 0.679. The van der Waals surface area contributed by atoms with E-state index in [-0.39, 0.29) is 36.1 Å². The van der Waals surface area contributed by atoms with E-state index in [1.165, 1.54) is 0 Å². The van der Waals surface area contributed by atoms with Crippen molar-refractivity contribution in [3.05, 3.63) is 35.4 Å². The lowest BCUT2D eigenvalue weighted by Crippen LogP contribution is -2.63. The maximum atomic E-state index is 11.9. The van der Waals surface area contributed by atoms with E-state index in [9.17, 15) is 4.79 Å². The van der Waals surface area contributed by atoms with Gasteiger partial charge in [-0.15, -0.1) is 24.0 Å². The van der Waals surface area contributed by atoms with Crippen molar-refractivity contribution >= 4 is 36.0 Å². The molecule has 2 rings (SSSR count). The molecule has 0 unspecified atom stereocenters. The lowest BCUT2D eigenvalue weighted by atomic mass is 10.1. The van der Waals surface area contributed by atoms with Crippen LogP contribution in [0.2, 0.25) is 0 Å². The molecule has 1 aliphatic rings. The number of amides is 1. The lowest BCUT2D eigenvalue weighted by Gasteiger charge is -2.40. The van der Waals surface area contributed by atoms with Gasteiger partial charge in [-0.05, 0) is 38.5 Å². The van der Waals surface area contributed by atoms with Crippen LogP contribution in [0.25, 0.3) is 0 Å². The molecule has 2 N–H and O–H groups in total. The van der Waals surface area contributed by atoms with Crippen molar-refractivity contribution in [2.24, 2.45) is 4.99 Å². The zero-order valence-corrected chi connectivity index (χ0v) is 17.9. The van der Waals surface area contributed by atoms with Crippen LogP contribution in [0, 0.1) is 11.3 Å². The van der Waals surface area contributed by atoms with Gasteiger partial charge in [0.2, 0.25) is 0 Å². The number of halogens is 1. The minimum atomic E-state index is -0.478. The van der Waals surface area contributed by atoms with Gasteiger partial charge in [-0.3, -0.25) is 4.99 Å². The molecule has 1 aromatic carbocycles. The van der Waals surface area contributed by atoms with E-state index in [1.54, 1.807) is 24.1 Å². The average Bonchev–Trinajstić information content (AvgIpc) is 2.51. The predicted octanol–water partition coefficient (Wildman–Crippen LogP) is 2.46. The number of guanidine groups is 1. The number of rotatable bonds is 3. The monoisotopic (exact) mass is 471 g/mol. The fourth-order valence-electron chi connectivity index (χ4n) is 2.32. The number of ether oxygens (including phenoxy) is 1. The van der Waals surface area contributed by atoms with E-state index in [4.69, 9.17) is 10.00 Å². The van der Waals surface area contributed by atoms with E-state index in [0.717, 1.165) is 5.56 Å². The number of likely N-dealkylation sites (tertiary alicyclic amines) is 1. The van der Waals surface area contributed by atoms with Gasteiger partial charge in [0.1, 0.15) is 5.60 Å². The van der Waals surface area contributed by atoms with E-state index < -0.39 is 5.60 Å². The van der Waals surface area contributed by atoms with E-state index in [0.29, 0.717) is 31.2 Å². The Balaban J connectivity index is 0.00000338. The second-order valence-corrected chi connectivity index (χ2v) is 6.96. The quantitative estimate of drug-likeness (QED) is 0.402. The molecule has 1 aliphatic heterocycles. The van der Waals surface area contributed by atoms with Gasteiger partial charge in [-0.2, -0.15) is 5.26 Å². The first-order valence-corrected chi connectivity index (χ1v) is 8.25. The Kier molecular flexibility index (Phi) is 8.14. The second kappa shape index (κ2) is 9.62. The zero-order chi connectivity index (χ0) is 18.4. The zero-order valence-electron chi connectivity index (χ0n) is 15.6. The summed E-state index contributed by atoms with van der Waals surface area (Å²) in [5, 5.41) is 15.3. The van der Waals surface area contributed by atoms with Crippen molar-refractivity contribution in [2.75, 3.05) is 20.1 Å². The molecular weight excluding hydrogens is 445 g/mol. The number of hydrogen-bond acceptors (Lipinski definition) is 4. The number of benzene rings is 1. The topological polar surface area (TPSA) is 89.8 Å². The maximum absolute atomic E-state index is 11.9. The van der Waals surface area contributed by atoms with Crippen molar-refractivity contribution in [2.45, 2.75) is 39.0 Å². The molecule has 1 heterocycles. The molecule has 142 valence electrons. The molecule has 1 saturated heterocycles. The minimum Gasteiger partial charge on any atom is -0.444 e. The highest BCUT2D eigenvalue weighted by Gasteiger charge is 2.34. The molecular formula is C18H26IN5O2. The van der Waals surface area contributed by atoms with Crippen molar-refractivity contribution in [3.8, 4) is 6.07 Å². The van der Waals surface area contributed by atoms with Crippen molar-refractivity contribution < 1.29 is 9.53 Å². The average molecular weight is 471 g/mol. The van der Waals surface area contributed by atoms with Crippen LogP contribution >= 0.6 is 24.0 Å². The van der Waals surface area contributed by atoms with Gasteiger partial charge in [0.15, 0.2) is 5.96 Å². The van der Waals surface area contributed by atoms with Crippen molar-refractivity contribution in [1.29, 1.82) is 5.26 Å². The van der Waals surface area contributed by atoms with Crippen LogP contribution in [0.15, 0.2) is 29.3 Å². The molecule has 0 aromatic heterocycles. The Labute approximate surface area is 171 Å². The third-order valence-electron chi connectivity index (χ3n) is 3.64. The molecule has 0 aliphatic carbocycles. The van der Waals surface area contributed by atoms with Gasteiger partial charge in [0.05, 0.1) is 17.7 Å². The molecule has 26 heavy (non-hydrogen) atoms. The summed E-state index contributed by atoms with van der Waals surface area (Å²) in [6, 6.07) is 9.65. The van der Waals surface area contributed by atoms with Crippen LogP contribution in [-0.4, -0.2) is 48.7 Å². The molecule has 0 spiro atoms. The van der Waals surface area contributed by atoms with Gasteiger partial charge in [-0.25, -0.2) is 4.79 Å². The fourth-order valence-corrected chi connectivity index (χ4v) is 2.32. The van der Waals surface area contributed by atoms with Crippen LogP contribution < -0.4 is 10.6 Å². The first-order chi connectivity index (χ1) is 11.8. The van der Waals surface area contributed by atoms with Gasteiger partial charge in [0.25, 0.3) is 0 Å². The first kappa shape index (κ1) is 22.0. The SMILES string of the molecule is CN=C(NCc1ccc(C#N)cc1)NC1CN(C(=O)OC(C)(C)C)C1.I. The molecule has 8 heteroatoms. The number of nitrogens with zero attached hydrogens (tertiary/aromatic N) is 3. The standard InChI is InChI=1S/C18H25N5O2.HI/c1-18(2,3)25-17(24)23-11-15(12-23)22-16(20-4)21-10-14-7-5-13(9-19)6-8-14;/h5-8,15H,10-12H2,1-4H3,(H2,20,21,22);1H. The highest BCUT2D eigenvalue weighted by Crippen LogP contribution is 2.15. The van der Waals surface area contributed by atoms with Gasteiger partial charge < -0.3 is 20.3 Å². The Bertz CT molecular complexity index is 670. The highest BCUT2D eigenvalue weighted by atomic mass is 127. The summed E-state index contributed by atoms with van der Waals surface area (Å²) >= 11 is 0. The molecule has 1 amide bonds. The number of aliphatic imine (C=N–C) groups is 1.